The smallest absolute Gasteiger partial charge is 0.249 e. The number of alkyl halides is 2. The quantitative estimate of drug-likeness (QED) is 0.819. The Morgan fingerprint density at radius 1 is 0.760 bits per heavy atom. The molecular weight excluding hydrogens is 334 g/mol. The van der Waals surface area contributed by atoms with Crippen LogP contribution >= 0.6 is 0 Å². The van der Waals surface area contributed by atoms with E-state index in [0.29, 0.717) is 5.75 Å². The maximum atomic E-state index is 13.8. The fourth-order valence-electron chi connectivity index (χ4n) is 2.66. The van der Waals surface area contributed by atoms with Gasteiger partial charge in [-0.2, -0.15) is 0 Å². The summed E-state index contributed by atoms with van der Waals surface area (Å²) < 4.78 is 48.2. The number of rotatable bonds is 7. The number of phenolic OH excluding ortho intramolecular Hbond substituents is 1. The second-order valence-electron chi connectivity index (χ2n) is 5.20. The highest BCUT2D eigenvalue weighted by Gasteiger charge is 2.28. The lowest BCUT2D eigenvalue weighted by molar-refractivity contribution is 0.128. The zero-order chi connectivity index (χ0) is 18.6. The molecular formula is C18H20F2O5. The highest BCUT2D eigenvalue weighted by atomic mass is 19.3. The minimum absolute atomic E-state index is 0.210. The first kappa shape index (κ1) is 18.6. The van der Waals surface area contributed by atoms with Gasteiger partial charge in [-0.15, -0.1) is 0 Å². The first-order valence-corrected chi connectivity index (χ1v) is 7.41. The van der Waals surface area contributed by atoms with E-state index < -0.39 is 12.3 Å². The number of aromatic hydroxyl groups is 1. The van der Waals surface area contributed by atoms with Crippen LogP contribution in [0.25, 0.3) is 0 Å². The molecule has 0 aliphatic rings. The Labute approximate surface area is 144 Å². The summed E-state index contributed by atoms with van der Waals surface area (Å²) in [5.41, 5.74) is 0.511. The fraction of sp³-hybridized carbons (Fsp3) is 0.333. The van der Waals surface area contributed by atoms with E-state index in [2.05, 4.69) is 0 Å². The molecule has 1 N–H and O–H groups in total. The number of phenols is 1. The Kier molecular flexibility index (Phi) is 5.90. The number of ether oxygens (including phenoxy) is 4. The van der Waals surface area contributed by atoms with E-state index in [1.165, 1.54) is 58.8 Å². The van der Waals surface area contributed by atoms with E-state index in [1.54, 1.807) is 0 Å². The van der Waals surface area contributed by atoms with Gasteiger partial charge in [-0.25, -0.2) is 8.78 Å². The van der Waals surface area contributed by atoms with Crippen LogP contribution in [0.3, 0.4) is 0 Å². The molecule has 0 fully saturated rings. The van der Waals surface area contributed by atoms with Gasteiger partial charge in [0.2, 0.25) is 12.2 Å². The lowest BCUT2D eigenvalue weighted by Crippen LogP contribution is -2.12. The highest BCUT2D eigenvalue weighted by Crippen LogP contribution is 2.43. The minimum atomic E-state index is -2.71. The van der Waals surface area contributed by atoms with Crippen LogP contribution in [0.15, 0.2) is 30.3 Å². The number of hydrogen-bond donors (Lipinski definition) is 1. The van der Waals surface area contributed by atoms with Crippen molar-refractivity contribution in [2.75, 3.05) is 28.4 Å². The van der Waals surface area contributed by atoms with Crippen molar-refractivity contribution in [1.29, 1.82) is 0 Å². The van der Waals surface area contributed by atoms with E-state index in [9.17, 15) is 13.9 Å². The third-order valence-electron chi connectivity index (χ3n) is 3.86. The molecule has 0 aliphatic heterocycles. The van der Waals surface area contributed by atoms with Gasteiger partial charge in [-0.1, -0.05) is 6.07 Å². The minimum Gasteiger partial charge on any atom is -0.504 e. The number of benzene rings is 2. The molecule has 0 bridgehead atoms. The Balaban J connectivity index is 2.59. The average Bonchev–Trinajstić information content (AvgIpc) is 2.60. The Bertz CT molecular complexity index is 708. The number of methoxy groups -OCH3 is 4. The van der Waals surface area contributed by atoms with E-state index in [4.69, 9.17) is 18.9 Å². The van der Waals surface area contributed by atoms with Crippen molar-refractivity contribution in [3.63, 3.8) is 0 Å². The fourth-order valence-corrected chi connectivity index (χ4v) is 2.66. The van der Waals surface area contributed by atoms with Gasteiger partial charge in [0.05, 0.1) is 34.4 Å². The molecule has 0 amide bonds. The van der Waals surface area contributed by atoms with Crippen molar-refractivity contribution in [2.24, 2.45) is 0 Å². The molecule has 0 radical (unpaired) electrons. The molecule has 2 aromatic carbocycles. The van der Waals surface area contributed by atoms with Crippen molar-refractivity contribution >= 4 is 0 Å². The lowest BCUT2D eigenvalue weighted by Gasteiger charge is -2.21. The highest BCUT2D eigenvalue weighted by molar-refractivity contribution is 5.56. The first-order chi connectivity index (χ1) is 12.0. The maximum absolute atomic E-state index is 13.8. The van der Waals surface area contributed by atoms with Crippen LogP contribution in [0.2, 0.25) is 0 Å². The van der Waals surface area contributed by atoms with E-state index in [0.717, 1.165) is 0 Å². The predicted octanol–water partition coefficient (Wildman–Crippen LogP) is 3.82. The molecule has 1 unspecified atom stereocenters. The number of hydrogen-bond acceptors (Lipinski definition) is 5. The summed E-state index contributed by atoms with van der Waals surface area (Å²) in [5, 5.41) is 9.91. The largest absolute Gasteiger partial charge is 0.504 e. The third-order valence-corrected chi connectivity index (χ3v) is 3.86. The van der Waals surface area contributed by atoms with Crippen LogP contribution in [0.4, 0.5) is 8.78 Å². The second-order valence-corrected chi connectivity index (χ2v) is 5.20. The molecule has 0 saturated heterocycles. The average molecular weight is 354 g/mol. The van der Waals surface area contributed by atoms with Crippen LogP contribution in [-0.4, -0.2) is 40.0 Å². The van der Waals surface area contributed by atoms with Crippen LogP contribution in [0.5, 0.6) is 28.7 Å². The van der Waals surface area contributed by atoms with Gasteiger partial charge < -0.3 is 24.1 Å². The zero-order valence-electron chi connectivity index (χ0n) is 14.4. The molecule has 2 aromatic rings. The second kappa shape index (κ2) is 7.92. The molecule has 0 heterocycles. The van der Waals surface area contributed by atoms with Gasteiger partial charge in [-0.3, -0.25) is 0 Å². The van der Waals surface area contributed by atoms with Gasteiger partial charge in [0.1, 0.15) is 0 Å². The summed E-state index contributed by atoms with van der Waals surface area (Å²) in [6, 6.07) is 7.13. The van der Waals surface area contributed by atoms with Gasteiger partial charge in [-0.05, 0) is 35.4 Å². The van der Waals surface area contributed by atoms with Gasteiger partial charge >= 0.3 is 0 Å². The van der Waals surface area contributed by atoms with Crippen LogP contribution in [-0.2, 0) is 0 Å². The lowest BCUT2D eigenvalue weighted by atomic mass is 9.90. The van der Waals surface area contributed by atoms with Crippen LogP contribution in [0, 0.1) is 0 Å². The van der Waals surface area contributed by atoms with E-state index in [-0.39, 0.29) is 34.1 Å². The molecule has 0 aromatic heterocycles. The van der Waals surface area contributed by atoms with Crippen molar-refractivity contribution in [3.05, 3.63) is 41.5 Å². The molecule has 0 saturated carbocycles. The van der Waals surface area contributed by atoms with Crippen LogP contribution < -0.4 is 18.9 Å². The maximum Gasteiger partial charge on any atom is 0.249 e. The zero-order valence-corrected chi connectivity index (χ0v) is 14.4. The van der Waals surface area contributed by atoms with Crippen molar-refractivity contribution in [2.45, 2.75) is 12.3 Å². The molecule has 25 heavy (non-hydrogen) atoms. The van der Waals surface area contributed by atoms with E-state index in [1.807, 2.05) is 0 Å². The van der Waals surface area contributed by atoms with E-state index >= 15 is 0 Å². The van der Waals surface area contributed by atoms with Crippen molar-refractivity contribution in [3.8, 4) is 28.7 Å². The monoisotopic (exact) mass is 354 g/mol. The first-order valence-electron chi connectivity index (χ1n) is 7.41. The Morgan fingerprint density at radius 3 is 1.72 bits per heavy atom. The summed E-state index contributed by atoms with van der Waals surface area (Å²) >= 11 is 0. The van der Waals surface area contributed by atoms with Gasteiger partial charge in [0.25, 0.3) is 0 Å². The molecule has 0 aliphatic carbocycles. The summed E-state index contributed by atoms with van der Waals surface area (Å²) in [6.07, 6.45) is -2.71. The normalized spacial score (nSPS) is 12.0. The molecule has 5 nitrogen and oxygen atoms in total. The van der Waals surface area contributed by atoms with Crippen molar-refractivity contribution < 1.29 is 32.8 Å². The summed E-state index contributed by atoms with van der Waals surface area (Å²) in [7, 11) is 5.65. The molecule has 1 atom stereocenters. The Hall–Kier alpha value is -2.70. The van der Waals surface area contributed by atoms with Crippen LogP contribution in [0.1, 0.15) is 17.0 Å². The predicted molar refractivity (Wildman–Crippen MR) is 88.6 cm³/mol. The molecule has 136 valence electrons. The Morgan fingerprint density at radius 2 is 1.32 bits per heavy atom. The standard InChI is InChI=1S/C18H20F2O5/c1-22-13-6-5-10(7-12(13)21)16(18(19)20)11-8-14(23-2)17(25-4)15(9-11)24-3/h5-9,16,18,21H,1-4H3. The van der Waals surface area contributed by atoms with Gasteiger partial charge in [0, 0.05) is 0 Å². The SMILES string of the molecule is COc1ccc(C(c2cc(OC)c(OC)c(OC)c2)C(F)F)cc1O. The molecule has 2 rings (SSSR count). The third kappa shape index (κ3) is 3.70. The summed E-state index contributed by atoms with van der Waals surface area (Å²) in [4.78, 5) is 0. The van der Waals surface area contributed by atoms with Gasteiger partial charge in [0.15, 0.2) is 23.0 Å². The topological polar surface area (TPSA) is 57.2 Å². The van der Waals surface area contributed by atoms with Crippen molar-refractivity contribution in [1.82, 2.24) is 0 Å². The summed E-state index contributed by atoms with van der Waals surface area (Å²) in [6.45, 7) is 0. The number of halogens is 2. The summed E-state index contributed by atoms with van der Waals surface area (Å²) in [5.74, 6) is -0.412. The molecule has 0 spiro atoms. The molecule has 7 heteroatoms.